The molecule has 0 saturated heterocycles. The lowest BCUT2D eigenvalue weighted by atomic mass is 10.1. The number of rotatable bonds is 4. The standard InChI is InChI=1S/C14H15NO5/c1-8(2)19-14(18)9(3)20-15-12(16)10-6-4-5-7-11(10)13(15)17/h4-9H,1-3H3. The van der Waals surface area contributed by atoms with Crippen LogP contribution in [0.1, 0.15) is 41.5 Å². The summed E-state index contributed by atoms with van der Waals surface area (Å²) in [5.74, 6) is -1.78. The smallest absolute Gasteiger partial charge is 0.338 e. The van der Waals surface area contributed by atoms with E-state index in [2.05, 4.69) is 0 Å². The summed E-state index contributed by atoms with van der Waals surface area (Å²) >= 11 is 0. The summed E-state index contributed by atoms with van der Waals surface area (Å²) in [7, 11) is 0. The summed E-state index contributed by atoms with van der Waals surface area (Å²) in [6.45, 7) is 4.83. The van der Waals surface area contributed by atoms with Gasteiger partial charge in [-0.05, 0) is 32.9 Å². The molecule has 0 radical (unpaired) electrons. The van der Waals surface area contributed by atoms with Gasteiger partial charge in [0.15, 0.2) is 6.10 Å². The third-order valence-electron chi connectivity index (χ3n) is 2.70. The summed E-state index contributed by atoms with van der Waals surface area (Å²) in [4.78, 5) is 40.8. The summed E-state index contributed by atoms with van der Waals surface area (Å²) in [5.41, 5.74) is 0.531. The van der Waals surface area contributed by atoms with Crippen LogP contribution in [0, 0.1) is 0 Å². The Bertz CT molecular complexity index is 531. The van der Waals surface area contributed by atoms with Gasteiger partial charge in [0.1, 0.15) is 0 Å². The Kier molecular flexibility index (Phi) is 3.85. The first-order chi connectivity index (χ1) is 9.41. The van der Waals surface area contributed by atoms with Crippen molar-refractivity contribution in [1.82, 2.24) is 5.06 Å². The fraction of sp³-hybridized carbons (Fsp3) is 0.357. The summed E-state index contributed by atoms with van der Waals surface area (Å²) < 4.78 is 4.96. The number of esters is 1. The predicted molar refractivity (Wildman–Crippen MR) is 68.7 cm³/mol. The van der Waals surface area contributed by atoms with Crippen molar-refractivity contribution < 1.29 is 24.0 Å². The van der Waals surface area contributed by atoms with Gasteiger partial charge in [-0.15, -0.1) is 5.06 Å². The first-order valence-electron chi connectivity index (χ1n) is 6.27. The fourth-order valence-electron chi connectivity index (χ4n) is 1.79. The van der Waals surface area contributed by atoms with E-state index in [4.69, 9.17) is 9.57 Å². The molecule has 2 amide bonds. The van der Waals surface area contributed by atoms with Crippen LogP contribution in [0.3, 0.4) is 0 Å². The van der Waals surface area contributed by atoms with Gasteiger partial charge in [-0.1, -0.05) is 12.1 Å². The van der Waals surface area contributed by atoms with Crippen LogP contribution in [-0.4, -0.2) is 35.1 Å². The number of hydrogen-bond donors (Lipinski definition) is 0. The van der Waals surface area contributed by atoms with E-state index in [0.29, 0.717) is 5.06 Å². The number of amides is 2. The van der Waals surface area contributed by atoms with Gasteiger partial charge in [-0.25, -0.2) is 9.63 Å². The number of benzene rings is 1. The molecule has 0 fully saturated rings. The van der Waals surface area contributed by atoms with Gasteiger partial charge >= 0.3 is 5.97 Å². The second-order valence-electron chi connectivity index (χ2n) is 4.68. The van der Waals surface area contributed by atoms with Crippen LogP contribution in [0.4, 0.5) is 0 Å². The van der Waals surface area contributed by atoms with Crippen molar-refractivity contribution in [2.45, 2.75) is 33.0 Å². The van der Waals surface area contributed by atoms with Crippen molar-refractivity contribution in [3.05, 3.63) is 35.4 Å². The largest absolute Gasteiger partial charge is 0.461 e. The Morgan fingerprint density at radius 1 is 1.05 bits per heavy atom. The molecule has 0 aliphatic carbocycles. The molecule has 1 heterocycles. The van der Waals surface area contributed by atoms with Crippen molar-refractivity contribution in [1.29, 1.82) is 0 Å². The van der Waals surface area contributed by atoms with Gasteiger partial charge in [-0.3, -0.25) is 9.59 Å². The van der Waals surface area contributed by atoms with Crippen LogP contribution in [0.15, 0.2) is 24.3 Å². The molecule has 1 aliphatic rings. The molecular formula is C14H15NO5. The molecule has 2 rings (SSSR count). The molecule has 20 heavy (non-hydrogen) atoms. The minimum Gasteiger partial charge on any atom is -0.461 e. The number of hydrogen-bond acceptors (Lipinski definition) is 5. The van der Waals surface area contributed by atoms with Crippen molar-refractivity contribution >= 4 is 17.8 Å². The van der Waals surface area contributed by atoms with Gasteiger partial charge in [0.05, 0.1) is 17.2 Å². The zero-order valence-corrected chi connectivity index (χ0v) is 11.5. The second kappa shape index (κ2) is 5.42. The average Bonchev–Trinajstić information content (AvgIpc) is 2.64. The number of hydroxylamine groups is 2. The van der Waals surface area contributed by atoms with E-state index in [1.54, 1.807) is 26.0 Å². The van der Waals surface area contributed by atoms with Crippen molar-refractivity contribution in [2.75, 3.05) is 0 Å². The Morgan fingerprint density at radius 2 is 1.55 bits per heavy atom. The fourth-order valence-corrected chi connectivity index (χ4v) is 1.79. The third kappa shape index (κ3) is 2.55. The number of carbonyl (C=O) groups excluding carboxylic acids is 3. The summed E-state index contributed by atoms with van der Waals surface area (Å²) in [5, 5.41) is 0.608. The minimum atomic E-state index is -1.04. The van der Waals surface area contributed by atoms with E-state index < -0.39 is 23.9 Å². The SMILES string of the molecule is CC(C)OC(=O)C(C)ON1C(=O)c2ccccc2C1=O. The number of ether oxygens (including phenoxy) is 1. The quantitative estimate of drug-likeness (QED) is 0.616. The Balaban J connectivity index is 2.11. The van der Waals surface area contributed by atoms with Crippen LogP contribution in [0.2, 0.25) is 0 Å². The molecule has 0 bridgehead atoms. The van der Waals surface area contributed by atoms with Gasteiger partial charge < -0.3 is 4.74 Å². The second-order valence-corrected chi connectivity index (χ2v) is 4.68. The maximum absolute atomic E-state index is 12.0. The average molecular weight is 277 g/mol. The maximum Gasteiger partial charge on any atom is 0.338 e. The predicted octanol–water partition coefficient (Wildman–Crippen LogP) is 1.55. The molecule has 1 aromatic rings. The van der Waals surface area contributed by atoms with Crippen LogP contribution < -0.4 is 0 Å². The summed E-state index contributed by atoms with van der Waals surface area (Å²) in [6, 6.07) is 6.39. The van der Waals surface area contributed by atoms with Crippen molar-refractivity contribution in [3.8, 4) is 0 Å². The van der Waals surface area contributed by atoms with E-state index in [1.165, 1.54) is 19.1 Å². The van der Waals surface area contributed by atoms with E-state index in [-0.39, 0.29) is 17.2 Å². The Hall–Kier alpha value is -2.21. The number of imide groups is 1. The van der Waals surface area contributed by atoms with Crippen LogP contribution in [0.25, 0.3) is 0 Å². The molecule has 1 aliphatic heterocycles. The van der Waals surface area contributed by atoms with Gasteiger partial charge in [0.2, 0.25) is 0 Å². The van der Waals surface area contributed by atoms with E-state index in [1.807, 2.05) is 0 Å². The lowest BCUT2D eigenvalue weighted by Gasteiger charge is -2.19. The van der Waals surface area contributed by atoms with Crippen LogP contribution in [0.5, 0.6) is 0 Å². The van der Waals surface area contributed by atoms with Gasteiger partial charge in [-0.2, -0.15) is 0 Å². The highest BCUT2D eigenvalue weighted by atomic mass is 16.7. The molecule has 1 atom stereocenters. The summed E-state index contributed by atoms with van der Waals surface area (Å²) in [6.07, 6.45) is -1.34. The molecule has 106 valence electrons. The number of fused-ring (bicyclic) bond motifs is 1. The number of carbonyl (C=O) groups is 3. The van der Waals surface area contributed by atoms with Gasteiger partial charge in [0, 0.05) is 0 Å². The van der Waals surface area contributed by atoms with Crippen LogP contribution in [-0.2, 0) is 14.4 Å². The molecular weight excluding hydrogens is 262 g/mol. The van der Waals surface area contributed by atoms with Crippen molar-refractivity contribution in [3.63, 3.8) is 0 Å². The highest BCUT2D eigenvalue weighted by molar-refractivity contribution is 6.20. The lowest BCUT2D eigenvalue weighted by Crippen LogP contribution is -2.38. The van der Waals surface area contributed by atoms with Gasteiger partial charge in [0.25, 0.3) is 11.8 Å². The molecule has 0 aromatic heterocycles. The molecule has 1 aromatic carbocycles. The first kappa shape index (κ1) is 14.2. The maximum atomic E-state index is 12.0. The highest BCUT2D eigenvalue weighted by Gasteiger charge is 2.38. The molecule has 1 unspecified atom stereocenters. The normalized spacial score (nSPS) is 15.5. The zero-order valence-electron chi connectivity index (χ0n) is 11.5. The molecule has 0 N–H and O–H groups in total. The zero-order chi connectivity index (χ0) is 14.9. The number of nitrogens with zero attached hydrogens (tertiary/aromatic N) is 1. The Morgan fingerprint density at radius 3 is 2.00 bits per heavy atom. The molecule has 6 nitrogen and oxygen atoms in total. The minimum absolute atomic E-state index is 0.266. The molecule has 0 saturated carbocycles. The highest BCUT2D eigenvalue weighted by Crippen LogP contribution is 2.23. The third-order valence-corrected chi connectivity index (χ3v) is 2.70. The van der Waals surface area contributed by atoms with Crippen LogP contribution >= 0.6 is 0 Å². The molecule has 6 heteroatoms. The van der Waals surface area contributed by atoms with Crippen molar-refractivity contribution in [2.24, 2.45) is 0 Å². The van der Waals surface area contributed by atoms with E-state index in [9.17, 15) is 14.4 Å². The lowest BCUT2D eigenvalue weighted by molar-refractivity contribution is -0.180. The first-order valence-corrected chi connectivity index (χ1v) is 6.27. The molecule has 0 spiro atoms. The van der Waals surface area contributed by atoms with E-state index >= 15 is 0 Å². The topological polar surface area (TPSA) is 72.9 Å². The Labute approximate surface area is 116 Å². The van der Waals surface area contributed by atoms with E-state index in [0.717, 1.165) is 0 Å². The monoisotopic (exact) mass is 277 g/mol.